The zero-order valence-corrected chi connectivity index (χ0v) is 11.3. The van der Waals surface area contributed by atoms with E-state index in [1.54, 1.807) is 0 Å². The molecule has 17 heavy (non-hydrogen) atoms. The molecule has 1 saturated carbocycles. The summed E-state index contributed by atoms with van der Waals surface area (Å²) in [5.41, 5.74) is 0.227. The second kappa shape index (κ2) is 4.60. The summed E-state index contributed by atoms with van der Waals surface area (Å²) in [7, 11) is 0. The van der Waals surface area contributed by atoms with E-state index in [-0.39, 0.29) is 11.6 Å². The lowest BCUT2D eigenvalue weighted by Crippen LogP contribution is -2.46. The van der Waals surface area contributed by atoms with Crippen molar-refractivity contribution in [2.45, 2.75) is 58.5 Å². The van der Waals surface area contributed by atoms with Crippen LogP contribution in [0.3, 0.4) is 0 Å². The highest BCUT2D eigenvalue weighted by Crippen LogP contribution is 2.52. The lowest BCUT2D eigenvalue weighted by atomic mass is 9.57. The van der Waals surface area contributed by atoms with Crippen LogP contribution >= 0.6 is 0 Å². The van der Waals surface area contributed by atoms with Gasteiger partial charge in [-0.3, -0.25) is 4.79 Å². The molecule has 0 bridgehead atoms. The SMILES string of the molecule is CC(C)(C)OC(=O)CC1CC2(CCNCC2)C1. The van der Waals surface area contributed by atoms with E-state index in [1.807, 2.05) is 20.8 Å². The highest BCUT2D eigenvalue weighted by molar-refractivity contribution is 5.70. The standard InChI is InChI=1S/C14H25NO2/c1-13(2,3)17-12(16)8-11-9-14(10-11)4-6-15-7-5-14/h11,15H,4-10H2,1-3H3. The Morgan fingerprint density at radius 3 is 2.41 bits per heavy atom. The lowest BCUT2D eigenvalue weighted by molar-refractivity contribution is -0.158. The van der Waals surface area contributed by atoms with Crippen LogP contribution in [-0.4, -0.2) is 24.7 Å². The van der Waals surface area contributed by atoms with Crippen molar-refractivity contribution >= 4 is 5.97 Å². The van der Waals surface area contributed by atoms with E-state index < -0.39 is 0 Å². The summed E-state index contributed by atoms with van der Waals surface area (Å²) in [4.78, 5) is 11.7. The highest BCUT2D eigenvalue weighted by Gasteiger charge is 2.45. The van der Waals surface area contributed by atoms with Gasteiger partial charge in [0.1, 0.15) is 5.60 Å². The van der Waals surface area contributed by atoms with Gasteiger partial charge in [-0.15, -0.1) is 0 Å². The third-order valence-corrected chi connectivity index (χ3v) is 3.98. The first-order chi connectivity index (χ1) is 7.89. The van der Waals surface area contributed by atoms with Crippen LogP contribution in [0.25, 0.3) is 0 Å². The van der Waals surface area contributed by atoms with Gasteiger partial charge in [-0.25, -0.2) is 0 Å². The van der Waals surface area contributed by atoms with Crippen LogP contribution in [0, 0.1) is 11.3 Å². The fraction of sp³-hybridized carbons (Fsp3) is 0.929. The molecule has 0 unspecified atom stereocenters. The second-order valence-corrected chi connectivity index (χ2v) is 6.81. The van der Waals surface area contributed by atoms with E-state index in [4.69, 9.17) is 4.74 Å². The number of hydrogen-bond donors (Lipinski definition) is 1. The Bertz CT molecular complexity index is 279. The molecule has 3 heteroatoms. The lowest BCUT2D eigenvalue weighted by Gasteiger charge is -2.50. The van der Waals surface area contributed by atoms with Crippen LogP contribution < -0.4 is 5.32 Å². The number of hydrogen-bond acceptors (Lipinski definition) is 3. The largest absolute Gasteiger partial charge is 0.460 e. The van der Waals surface area contributed by atoms with Gasteiger partial charge in [0.15, 0.2) is 0 Å². The molecule has 1 heterocycles. The summed E-state index contributed by atoms with van der Waals surface area (Å²) in [6.45, 7) is 8.10. The fourth-order valence-electron chi connectivity index (χ4n) is 3.29. The van der Waals surface area contributed by atoms with Gasteiger partial charge in [-0.1, -0.05) is 0 Å². The van der Waals surface area contributed by atoms with E-state index in [2.05, 4.69) is 5.32 Å². The minimum absolute atomic E-state index is 0.0220. The van der Waals surface area contributed by atoms with Crippen LogP contribution in [0.4, 0.5) is 0 Å². The minimum Gasteiger partial charge on any atom is -0.460 e. The molecule has 0 amide bonds. The van der Waals surface area contributed by atoms with E-state index in [0.717, 1.165) is 13.1 Å². The molecule has 0 aromatic heterocycles. The van der Waals surface area contributed by atoms with Crippen molar-refractivity contribution < 1.29 is 9.53 Å². The Morgan fingerprint density at radius 1 is 1.29 bits per heavy atom. The normalized spacial score (nSPS) is 24.4. The third kappa shape index (κ3) is 3.44. The van der Waals surface area contributed by atoms with Crippen LogP contribution in [0.15, 0.2) is 0 Å². The topological polar surface area (TPSA) is 38.3 Å². The van der Waals surface area contributed by atoms with Crippen molar-refractivity contribution in [1.82, 2.24) is 5.32 Å². The number of carbonyl (C=O) groups is 1. The van der Waals surface area contributed by atoms with Crippen molar-refractivity contribution in [2.24, 2.45) is 11.3 Å². The summed E-state index contributed by atoms with van der Waals surface area (Å²) in [5, 5.41) is 3.40. The summed E-state index contributed by atoms with van der Waals surface area (Å²) in [5.74, 6) is 0.550. The van der Waals surface area contributed by atoms with Gasteiger partial charge in [0.25, 0.3) is 0 Å². The van der Waals surface area contributed by atoms with Gasteiger partial charge in [0, 0.05) is 6.42 Å². The number of nitrogens with one attached hydrogen (secondary N) is 1. The van der Waals surface area contributed by atoms with Gasteiger partial charge in [-0.2, -0.15) is 0 Å². The molecule has 1 aliphatic carbocycles. The van der Waals surface area contributed by atoms with Crippen LogP contribution in [-0.2, 0) is 9.53 Å². The first-order valence-corrected chi connectivity index (χ1v) is 6.81. The Balaban J connectivity index is 1.71. The van der Waals surface area contributed by atoms with Crippen LogP contribution in [0.5, 0.6) is 0 Å². The van der Waals surface area contributed by atoms with E-state index in [9.17, 15) is 4.79 Å². The molecule has 1 aliphatic heterocycles. The van der Waals surface area contributed by atoms with E-state index >= 15 is 0 Å². The van der Waals surface area contributed by atoms with Gasteiger partial charge in [-0.05, 0) is 70.9 Å². The first kappa shape index (κ1) is 12.9. The highest BCUT2D eigenvalue weighted by atomic mass is 16.6. The van der Waals surface area contributed by atoms with Gasteiger partial charge < -0.3 is 10.1 Å². The average Bonchev–Trinajstić information content (AvgIpc) is 2.13. The Kier molecular flexibility index (Phi) is 3.48. The molecule has 2 aliphatic rings. The van der Waals surface area contributed by atoms with Gasteiger partial charge >= 0.3 is 5.97 Å². The van der Waals surface area contributed by atoms with Crippen LogP contribution in [0.2, 0.25) is 0 Å². The maximum atomic E-state index is 11.7. The zero-order chi connectivity index (χ0) is 12.5. The molecule has 1 saturated heterocycles. The Morgan fingerprint density at radius 2 is 1.88 bits per heavy atom. The maximum absolute atomic E-state index is 11.7. The summed E-state index contributed by atoms with van der Waals surface area (Å²) < 4.78 is 5.37. The van der Waals surface area contributed by atoms with E-state index in [0.29, 0.717) is 17.8 Å². The zero-order valence-electron chi connectivity index (χ0n) is 11.3. The summed E-state index contributed by atoms with van der Waals surface area (Å²) >= 11 is 0. The number of esters is 1. The molecule has 0 aromatic rings. The van der Waals surface area contributed by atoms with Crippen molar-refractivity contribution in [3.05, 3.63) is 0 Å². The smallest absolute Gasteiger partial charge is 0.306 e. The predicted octanol–water partition coefficient (Wildman–Crippen LogP) is 2.50. The van der Waals surface area contributed by atoms with Crippen molar-refractivity contribution in [3.8, 4) is 0 Å². The maximum Gasteiger partial charge on any atom is 0.306 e. The predicted molar refractivity (Wildman–Crippen MR) is 67.7 cm³/mol. The molecular formula is C14H25NO2. The monoisotopic (exact) mass is 239 g/mol. The second-order valence-electron chi connectivity index (χ2n) is 6.81. The molecule has 0 atom stereocenters. The van der Waals surface area contributed by atoms with Crippen molar-refractivity contribution in [3.63, 3.8) is 0 Å². The number of rotatable bonds is 2. The Labute approximate surface area is 104 Å². The van der Waals surface area contributed by atoms with Crippen molar-refractivity contribution in [2.75, 3.05) is 13.1 Å². The molecular weight excluding hydrogens is 214 g/mol. The van der Waals surface area contributed by atoms with Gasteiger partial charge in [0.05, 0.1) is 0 Å². The molecule has 0 radical (unpaired) electrons. The Hall–Kier alpha value is -0.570. The fourth-order valence-corrected chi connectivity index (χ4v) is 3.29. The van der Waals surface area contributed by atoms with Gasteiger partial charge in [0.2, 0.25) is 0 Å². The minimum atomic E-state index is -0.340. The van der Waals surface area contributed by atoms with E-state index in [1.165, 1.54) is 25.7 Å². The van der Waals surface area contributed by atoms with Crippen molar-refractivity contribution in [1.29, 1.82) is 0 Å². The molecule has 2 rings (SSSR count). The third-order valence-electron chi connectivity index (χ3n) is 3.98. The first-order valence-electron chi connectivity index (χ1n) is 6.81. The summed E-state index contributed by atoms with van der Waals surface area (Å²) in [6.07, 6.45) is 5.66. The quantitative estimate of drug-likeness (QED) is 0.752. The molecule has 1 spiro atoms. The molecule has 1 N–H and O–H groups in total. The molecule has 2 fully saturated rings. The number of piperidine rings is 1. The number of ether oxygens (including phenoxy) is 1. The summed E-state index contributed by atoms with van der Waals surface area (Å²) in [6, 6.07) is 0. The number of carbonyl (C=O) groups excluding carboxylic acids is 1. The average molecular weight is 239 g/mol. The van der Waals surface area contributed by atoms with Crippen LogP contribution in [0.1, 0.15) is 52.9 Å². The molecule has 98 valence electrons. The molecule has 3 nitrogen and oxygen atoms in total. The molecule has 0 aromatic carbocycles.